The number of halogens is 2. The Morgan fingerprint density at radius 1 is 1.44 bits per heavy atom. The third-order valence-electron chi connectivity index (χ3n) is 4.24. The smallest absolute Gasteiger partial charge is 0.265 e. The van der Waals surface area contributed by atoms with Gasteiger partial charge in [0, 0.05) is 24.1 Å². The summed E-state index contributed by atoms with van der Waals surface area (Å²) >= 11 is 3.37. The van der Waals surface area contributed by atoms with E-state index in [9.17, 15) is 9.59 Å². The molecule has 140 valence electrons. The molecule has 0 aliphatic carbocycles. The van der Waals surface area contributed by atoms with E-state index in [1.165, 1.54) is 4.90 Å². The first-order valence-electron chi connectivity index (χ1n) is 8.02. The zero-order valence-corrected chi connectivity index (χ0v) is 17.1. The first-order valence-corrected chi connectivity index (χ1v) is 8.81. The van der Waals surface area contributed by atoms with Crippen molar-refractivity contribution in [2.75, 3.05) is 31.6 Å². The van der Waals surface area contributed by atoms with E-state index >= 15 is 0 Å². The lowest BCUT2D eigenvalue weighted by Crippen LogP contribution is -2.46. The maximum Gasteiger partial charge on any atom is 0.265 e. The van der Waals surface area contributed by atoms with Gasteiger partial charge in [-0.25, -0.2) is 0 Å². The molecule has 1 aliphatic heterocycles. The molecule has 1 aromatic carbocycles. The zero-order chi connectivity index (χ0) is 17.9. The van der Waals surface area contributed by atoms with Crippen LogP contribution in [0.4, 0.5) is 5.69 Å². The summed E-state index contributed by atoms with van der Waals surface area (Å²) < 4.78 is 6.29. The van der Waals surface area contributed by atoms with Gasteiger partial charge in [0.25, 0.3) is 5.91 Å². The van der Waals surface area contributed by atoms with Crippen molar-refractivity contribution in [3.8, 4) is 5.75 Å². The second kappa shape index (κ2) is 9.40. The topological polar surface area (TPSA) is 75.9 Å². The molecule has 2 N–H and O–H groups in total. The second-order valence-corrected chi connectivity index (χ2v) is 7.31. The highest BCUT2D eigenvalue weighted by molar-refractivity contribution is 9.10. The number of amides is 2. The second-order valence-electron chi connectivity index (χ2n) is 6.39. The Hall–Kier alpha value is -1.31. The van der Waals surface area contributed by atoms with E-state index in [0.29, 0.717) is 23.9 Å². The van der Waals surface area contributed by atoms with Crippen LogP contribution in [0.1, 0.15) is 20.3 Å². The van der Waals surface area contributed by atoms with Gasteiger partial charge in [-0.3, -0.25) is 14.5 Å². The van der Waals surface area contributed by atoms with E-state index in [4.69, 9.17) is 10.5 Å². The molecule has 8 heteroatoms. The van der Waals surface area contributed by atoms with E-state index in [2.05, 4.69) is 29.8 Å². The summed E-state index contributed by atoms with van der Waals surface area (Å²) in [6.45, 7) is 4.65. The van der Waals surface area contributed by atoms with Gasteiger partial charge in [0.05, 0.1) is 5.69 Å². The van der Waals surface area contributed by atoms with Crippen LogP contribution in [0, 0.1) is 5.92 Å². The molecular weight excluding hydrogens is 410 g/mol. The standard InChI is InChI=1S/C17H24BrN3O3.ClH/c1-11(2)13(19)6-7-20(3)16(22)9-21-14-5-4-12(18)8-15(14)24-10-17(21)23;/h4-5,8,11,13H,6-7,9-10,19H2,1-3H3;1H. The van der Waals surface area contributed by atoms with Crippen LogP contribution in [0.15, 0.2) is 22.7 Å². The average Bonchev–Trinajstić information content (AvgIpc) is 2.54. The molecule has 2 amide bonds. The van der Waals surface area contributed by atoms with Crippen LogP contribution >= 0.6 is 28.3 Å². The fourth-order valence-electron chi connectivity index (χ4n) is 2.41. The van der Waals surface area contributed by atoms with Gasteiger partial charge in [0.1, 0.15) is 12.3 Å². The highest BCUT2D eigenvalue weighted by Gasteiger charge is 2.28. The minimum absolute atomic E-state index is 0. The van der Waals surface area contributed by atoms with Crippen LogP contribution in [0.5, 0.6) is 5.75 Å². The number of anilines is 1. The summed E-state index contributed by atoms with van der Waals surface area (Å²) in [6.07, 6.45) is 0.737. The molecule has 0 aromatic heterocycles. The molecule has 1 aromatic rings. The minimum atomic E-state index is -0.217. The first-order chi connectivity index (χ1) is 11.3. The van der Waals surface area contributed by atoms with Gasteiger partial charge in [0.2, 0.25) is 5.91 Å². The van der Waals surface area contributed by atoms with E-state index in [1.807, 2.05) is 6.07 Å². The lowest BCUT2D eigenvalue weighted by atomic mass is 10.0. The predicted molar refractivity (Wildman–Crippen MR) is 104 cm³/mol. The Morgan fingerprint density at radius 2 is 2.12 bits per heavy atom. The van der Waals surface area contributed by atoms with Crippen molar-refractivity contribution in [2.24, 2.45) is 11.7 Å². The molecule has 0 bridgehead atoms. The van der Waals surface area contributed by atoms with Gasteiger partial charge in [-0.15, -0.1) is 12.4 Å². The van der Waals surface area contributed by atoms with E-state index in [0.717, 1.165) is 10.9 Å². The lowest BCUT2D eigenvalue weighted by Gasteiger charge is -2.30. The fraction of sp³-hybridized carbons (Fsp3) is 0.529. The van der Waals surface area contributed by atoms with Crippen molar-refractivity contribution < 1.29 is 14.3 Å². The number of ether oxygens (including phenoxy) is 1. The Labute approximate surface area is 163 Å². The number of carbonyl (C=O) groups excluding carboxylic acids is 2. The van der Waals surface area contributed by atoms with Crippen molar-refractivity contribution >= 4 is 45.8 Å². The fourth-order valence-corrected chi connectivity index (χ4v) is 2.75. The van der Waals surface area contributed by atoms with E-state index < -0.39 is 0 Å². The van der Waals surface area contributed by atoms with E-state index in [1.54, 1.807) is 24.1 Å². The van der Waals surface area contributed by atoms with Gasteiger partial charge in [-0.2, -0.15) is 0 Å². The Kier molecular flexibility index (Phi) is 8.18. The van der Waals surface area contributed by atoms with Gasteiger partial charge >= 0.3 is 0 Å². The quantitative estimate of drug-likeness (QED) is 0.746. The van der Waals surface area contributed by atoms with E-state index in [-0.39, 0.29) is 43.4 Å². The Morgan fingerprint density at radius 3 is 2.76 bits per heavy atom. The molecule has 1 atom stereocenters. The molecule has 0 saturated heterocycles. The van der Waals surface area contributed by atoms with Crippen molar-refractivity contribution in [2.45, 2.75) is 26.3 Å². The third kappa shape index (κ3) is 5.59. The summed E-state index contributed by atoms with van der Waals surface area (Å²) in [6, 6.07) is 5.45. The Balaban J connectivity index is 0.00000312. The molecule has 1 aliphatic rings. The largest absolute Gasteiger partial charge is 0.482 e. The molecule has 1 unspecified atom stereocenters. The average molecular weight is 435 g/mol. The summed E-state index contributed by atoms with van der Waals surface area (Å²) in [5.41, 5.74) is 6.65. The van der Waals surface area contributed by atoms with Crippen molar-refractivity contribution in [1.29, 1.82) is 0 Å². The molecular formula is C17H25BrClN3O3. The number of hydrogen-bond donors (Lipinski definition) is 1. The molecule has 1 heterocycles. The predicted octanol–water partition coefficient (Wildman–Crippen LogP) is 2.43. The molecule has 25 heavy (non-hydrogen) atoms. The lowest BCUT2D eigenvalue weighted by molar-refractivity contribution is -0.131. The number of nitrogens with zero attached hydrogens (tertiary/aromatic N) is 2. The zero-order valence-electron chi connectivity index (χ0n) is 14.7. The molecule has 0 spiro atoms. The minimum Gasteiger partial charge on any atom is -0.482 e. The Bertz CT molecular complexity index is 627. The van der Waals surface area contributed by atoms with Crippen molar-refractivity contribution in [1.82, 2.24) is 4.90 Å². The molecule has 0 fully saturated rings. The third-order valence-corrected chi connectivity index (χ3v) is 4.73. The van der Waals surface area contributed by atoms with Crippen LogP contribution in [0.25, 0.3) is 0 Å². The first kappa shape index (κ1) is 21.7. The SMILES string of the molecule is CC(C)C(N)CCN(C)C(=O)CN1C(=O)COc2cc(Br)ccc21.Cl. The number of rotatable bonds is 6. The number of benzene rings is 1. The maximum absolute atomic E-state index is 12.5. The summed E-state index contributed by atoms with van der Waals surface area (Å²) in [4.78, 5) is 27.7. The number of hydrogen-bond acceptors (Lipinski definition) is 4. The number of fused-ring (bicyclic) bond motifs is 1. The number of nitrogens with two attached hydrogens (primary N) is 1. The highest BCUT2D eigenvalue weighted by Crippen LogP contribution is 2.34. The summed E-state index contributed by atoms with van der Waals surface area (Å²) in [7, 11) is 1.74. The monoisotopic (exact) mass is 433 g/mol. The molecule has 6 nitrogen and oxygen atoms in total. The van der Waals surface area contributed by atoms with Gasteiger partial charge < -0.3 is 15.4 Å². The normalized spacial score (nSPS) is 14.5. The van der Waals surface area contributed by atoms with Gasteiger partial charge in [0.15, 0.2) is 6.61 Å². The van der Waals surface area contributed by atoms with Crippen LogP contribution in [0.3, 0.4) is 0 Å². The highest BCUT2D eigenvalue weighted by atomic mass is 79.9. The molecule has 0 saturated carbocycles. The summed E-state index contributed by atoms with van der Waals surface area (Å²) in [5.74, 6) is 0.640. The number of carbonyl (C=O) groups is 2. The molecule has 2 rings (SSSR count). The van der Waals surface area contributed by atoms with Crippen LogP contribution in [-0.2, 0) is 9.59 Å². The van der Waals surface area contributed by atoms with Gasteiger partial charge in [-0.05, 0) is 30.5 Å². The van der Waals surface area contributed by atoms with Gasteiger partial charge in [-0.1, -0.05) is 29.8 Å². The van der Waals surface area contributed by atoms with Crippen molar-refractivity contribution in [3.63, 3.8) is 0 Å². The van der Waals surface area contributed by atoms with Crippen LogP contribution < -0.4 is 15.4 Å². The maximum atomic E-state index is 12.5. The number of likely N-dealkylation sites (N-methyl/N-ethyl adjacent to an activating group) is 1. The van der Waals surface area contributed by atoms with Crippen LogP contribution in [-0.4, -0.2) is 49.5 Å². The van der Waals surface area contributed by atoms with Crippen molar-refractivity contribution in [3.05, 3.63) is 22.7 Å². The molecule has 0 radical (unpaired) electrons. The summed E-state index contributed by atoms with van der Waals surface area (Å²) in [5, 5.41) is 0. The van der Waals surface area contributed by atoms with Crippen LogP contribution in [0.2, 0.25) is 0 Å².